The zero-order valence-electron chi connectivity index (χ0n) is 10.8. The molecule has 96 valence electrons. The molecule has 3 N–H and O–H groups in total. The van der Waals surface area contributed by atoms with Gasteiger partial charge in [0, 0.05) is 5.56 Å². The number of carbonyl (C=O) groups excluding carboxylic acids is 1. The number of nitrogens with one attached hydrogen (secondary N) is 1. The van der Waals surface area contributed by atoms with Gasteiger partial charge >= 0.3 is 5.91 Å². The lowest BCUT2D eigenvalue weighted by atomic mass is 10.1. The first-order chi connectivity index (χ1) is 7.89. The highest BCUT2D eigenvalue weighted by atomic mass is 16.5. The fraction of sp³-hybridized carbons (Fsp3) is 0.583. The number of aryl methyl sites for hydroxylation is 1. The second kappa shape index (κ2) is 5.33. The van der Waals surface area contributed by atoms with Gasteiger partial charge in [0.2, 0.25) is 0 Å². The summed E-state index contributed by atoms with van der Waals surface area (Å²) in [5, 5.41) is 0. The number of furan rings is 1. The van der Waals surface area contributed by atoms with E-state index >= 15 is 0 Å². The van der Waals surface area contributed by atoms with Crippen LogP contribution in [0.2, 0.25) is 0 Å². The van der Waals surface area contributed by atoms with E-state index < -0.39 is 5.91 Å². The Morgan fingerprint density at radius 2 is 2.24 bits per heavy atom. The summed E-state index contributed by atoms with van der Waals surface area (Å²) in [7, 11) is 0. The Bertz CT molecular complexity index is 396. The van der Waals surface area contributed by atoms with Crippen molar-refractivity contribution in [3.05, 3.63) is 23.2 Å². The topological polar surface area (TPSA) is 77.5 Å². The maximum absolute atomic E-state index is 11.3. The first-order valence-corrected chi connectivity index (χ1v) is 5.64. The van der Waals surface area contributed by atoms with Crippen molar-refractivity contribution < 1.29 is 13.9 Å². The Labute approximate surface area is 101 Å². The summed E-state index contributed by atoms with van der Waals surface area (Å²) < 4.78 is 11.1. The number of hydrogen-bond acceptors (Lipinski definition) is 4. The molecule has 0 atom stereocenters. The smallest absolute Gasteiger partial charge is 0.301 e. The van der Waals surface area contributed by atoms with Crippen LogP contribution >= 0.6 is 0 Å². The molecule has 5 heteroatoms. The van der Waals surface area contributed by atoms with Crippen molar-refractivity contribution in [2.45, 2.75) is 46.3 Å². The van der Waals surface area contributed by atoms with Crippen LogP contribution in [0.1, 0.15) is 49.1 Å². The molecule has 0 spiro atoms. The van der Waals surface area contributed by atoms with Crippen LogP contribution in [0, 0.1) is 6.92 Å². The minimum Gasteiger partial charge on any atom is -0.453 e. The number of hydrazine groups is 1. The molecule has 0 radical (unpaired) electrons. The predicted octanol–water partition coefficient (Wildman–Crippen LogP) is 1.90. The third-order valence-corrected chi connectivity index (χ3v) is 2.76. The van der Waals surface area contributed by atoms with Gasteiger partial charge in [-0.3, -0.25) is 10.2 Å². The van der Waals surface area contributed by atoms with Gasteiger partial charge in [-0.15, -0.1) is 0 Å². The molecule has 0 aromatic carbocycles. The van der Waals surface area contributed by atoms with E-state index in [1.54, 1.807) is 13.0 Å². The number of rotatable bonds is 5. The highest BCUT2D eigenvalue weighted by Crippen LogP contribution is 2.20. The molecule has 0 bridgehead atoms. The minimum absolute atomic E-state index is 0.197. The molecular formula is C12H20N2O3. The van der Waals surface area contributed by atoms with Crippen LogP contribution in [-0.4, -0.2) is 11.5 Å². The maximum Gasteiger partial charge on any atom is 0.301 e. The summed E-state index contributed by atoms with van der Waals surface area (Å²) in [5.74, 6) is 5.49. The summed E-state index contributed by atoms with van der Waals surface area (Å²) in [6, 6.07) is 1.79. The Morgan fingerprint density at radius 1 is 1.59 bits per heavy atom. The van der Waals surface area contributed by atoms with Crippen molar-refractivity contribution in [2.24, 2.45) is 5.84 Å². The van der Waals surface area contributed by atoms with Crippen molar-refractivity contribution in [2.75, 3.05) is 0 Å². The van der Waals surface area contributed by atoms with Gasteiger partial charge in [0.25, 0.3) is 0 Å². The van der Waals surface area contributed by atoms with Crippen LogP contribution in [0.3, 0.4) is 0 Å². The molecule has 1 amide bonds. The van der Waals surface area contributed by atoms with E-state index in [0.29, 0.717) is 12.4 Å². The zero-order valence-corrected chi connectivity index (χ0v) is 10.8. The molecular weight excluding hydrogens is 220 g/mol. The van der Waals surface area contributed by atoms with E-state index in [9.17, 15) is 4.79 Å². The van der Waals surface area contributed by atoms with Gasteiger partial charge in [0.05, 0.1) is 5.60 Å². The lowest BCUT2D eigenvalue weighted by molar-refractivity contribution is -0.0385. The Morgan fingerprint density at radius 3 is 2.76 bits per heavy atom. The third kappa shape index (κ3) is 3.57. The molecule has 1 aromatic heterocycles. The average molecular weight is 240 g/mol. The monoisotopic (exact) mass is 240 g/mol. The number of ether oxygens (including phenoxy) is 1. The van der Waals surface area contributed by atoms with E-state index in [2.05, 4.69) is 6.92 Å². The normalized spacial score (nSPS) is 11.6. The van der Waals surface area contributed by atoms with Gasteiger partial charge in [-0.1, -0.05) is 6.92 Å². The third-order valence-electron chi connectivity index (χ3n) is 2.76. The largest absolute Gasteiger partial charge is 0.453 e. The molecule has 1 heterocycles. The van der Waals surface area contributed by atoms with Crippen LogP contribution in [0.5, 0.6) is 0 Å². The van der Waals surface area contributed by atoms with Gasteiger partial charge in [0.15, 0.2) is 5.76 Å². The Kier molecular flexibility index (Phi) is 4.31. The summed E-state index contributed by atoms with van der Waals surface area (Å²) in [6.07, 6.45) is 0.906. The second-order valence-electron chi connectivity index (χ2n) is 4.60. The molecule has 5 nitrogen and oxygen atoms in total. The molecule has 1 aromatic rings. The SMILES string of the molecule is CCC(C)(C)OCc1cc(C)c(C(=O)NN)o1. The van der Waals surface area contributed by atoms with E-state index in [1.807, 2.05) is 19.3 Å². The molecule has 0 saturated heterocycles. The van der Waals surface area contributed by atoms with Crippen molar-refractivity contribution >= 4 is 5.91 Å². The molecule has 0 aliphatic heterocycles. The van der Waals surface area contributed by atoms with E-state index in [0.717, 1.165) is 12.0 Å². The highest BCUT2D eigenvalue weighted by molar-refractivity contribution is 5.92. The standard InChI is InChI=1S/C12H20N2O3/c1-5-12(3,4)16-7-9-6-8(2)10(17-9)11(15)14-13/h6H,5,7,13H2,1-4H3,(H,14,15). The number of nitrogens with two attached hydrogens (primary N) is 1. The van der Waals surface area contributed by atoms with Crippen LogP contribution in [0.25, 0.3) is 0 Å². The maximum atomic E-state index is 11.3. The van der Waals surface area contributed by atoms with Crippen molar-refractivity contribution in [3.63, 3.8) is 0 Å². The summed E-state index contributed by atoms with van der Waals surface area (Å²) in [4.78, 5) is 11.3. The van der Waals surface area contributed by atoms with E-state index in [-0.39, 0.29) is 11.4 Å². The van der Waals surface area contributed by atoms with Gasteiger partial charge in [-0.2, -0.15) is 0 Å². The van der Waals surface area contributed by atoms with Gasteiger partial charge < -0.3 is 9.15 Å². The molecule has 0 aliphatic carbocycles. The number of carbonyl (C=O) groups is 1. The molecule has 0 saturated carbocycles. The lowest BCUT2D eigenvalue weighted by Gasteiger charge is -2.22. The van der Waals surface area contributed by atoms with E-state index in [1.165, 1.54) is 0 Å². The molecule has 0 unspecified atom stereocenters. The first kappa shape index (κ1) is 13.7. The van der Waals surface area contributed by atoms with Crippen molar-refractivity contribution in [1.82, 2.24) is 5.43 Å². The van der Waals surface area contributed by atoms with Crippen LogP contribution < -0.4 is 11.3 Å². The minimum atomic E-state index is -0.427. The Hall–Kier alpha value is -1.33. The fourth-order valence-corrected chi connectivity index (χ4v) is 1.28. The Balaban J connectivity index is 2.71. The molecule has 17 heavy (non-hydrogen) atoms. The first-order valence-electron chi connectivity index (χ1n) is 5.64. The van der Waals surface area contributed by atoms with Crippen molar-refractivity contribution in [1.29, 1.82) is 0 Å². The van der Waals surface area contributed by atoms with Gasteiger partial charge in [-0.25, -0.2) is 5.84 Å². The summed E-state index contributed by atoms with van der Waals surface area (Å²) in [6.45, 7) is 8.22. The zero-order chi connectivity index (χ0) is 13.1. The van der Waals surface area contributed by atoms with Gasteiger partial charge in [-0.05, 0) is 33.3 Å². The number of nitrogen functional groups attached to an aromatic ring is 1. The fourth-order valence-electron chi connectivity index (χ4n) is 1.28. The van der Waals surface area contributed by atoms with Crippen molar-refractivity contribution in [3.8, 4) is 0 Å². The molecule has 0 fully saturated rings. The van der Waals surface area contributed by atoms with Crippen LogP contribution in [0.4, 0.5) is 0 Å². The van der Waals surface area contributed by atoms with Gasteiger partial charge in [0.1, 0.15) is 12.4 Å². The second-order valence-corrected chi connectivity index (χ2v) is 4.60. The number of amides is 1. The predicted molar refractivity (Wildman–Crippen MR) is 64.3 cm³/mol. The summed E-state index contributed by atoms with van der Waals surface area (Å²) >= 11 is 0. The summed E-state index contributed by atoms with van der Waals surface area (Å²) in [5.41, 5.74) is 2.60. The highest BCUT2D eigenvalue weighted by Gasteiger charge is 2.18. The molecule has 1 rings (SSSR count). The van der Waals surface area contributed by atoms with Crippen LogP contribution in [-0.2, 0) is 11.3 Å². The number of hydrogen-bond donors (Lipinski definition) is 2. The van der Waals surface area contributed by atoms with Crippen LogP contribution in [0.15, 0.2) is 10.5 Å². The van der Waals surface area contributed by atoms with E-state index in [4.69, 9.17) is 15.0 Å². The molecule has 0 aliphatic rings. The lowest BCUT2D eigenvalue weighted by Crippen LogP contribution is -2.30. The quantitative estimate of drug-likeness (QED) is 0.468. The average Bonchev–Trinajstić information content (AvgIpc) is 2.67.